The first-order valence-corrected chi connectivity index (χ1v) is 11.1. The van der Waals surface area contributed by atoms with E-state index in [0.29, 0.717) is 17.5 Å². The molecular formula is C22H24FN5O2S. The van der Waals surface area contributed by atoms with Gasteiger partial charge in [0.15, 0.2) is 5.82 Å². The molecule has 1 aromatic heterocycles. The summed E-state index contributed by atoms with van der Waals surface area (Å²) < 4.78 is 20.8. The number of anilines is 1. The minimum atomic E-state index is -0.525. The number of hydrogen-bond donors (Lipinski definition) is 2. The van der Waals surface area contributed by atoms with Crippen LogP contribution in [0.1, 0.15) is 37.7 Å². The van der Waals surface area contributed by atoms with Gasteiger partial charge in [-0.05, 0) is 55.3 Å². The third-order valence-electron chi connectivity index (χ3n) is 4.90. The van der Waals surface area contributed by atoms with E-state index in [1.54, 1.807) is 24.3 Å². The van der Waals surface area contributed by atoms with Crippen molar-refractivity contribution in [3.8, 4) is 5.75 Å². The number of rotatable bonds is 7. The lowest BCUT2D eigenvalue weighted by Gasteiger charge is -2.33. The highest BCUT2D eigenvalue weighted by atomic mass is 32.2. The van der Waals surface area contributed by atoms with Gasteiger partial charge in [0.25, 0.3) is 0 Å². The molecule has 0 fully saturated rings. The number of nitrogens with one attached hydrogen (secondary N) is 2. The number of halogens is 1. The molecule has 2 heterocycles. The number of aryl methyl sites for hydroxylation is 1. The lowest BCUT2D eigenvalue weighted by Crippen LogP contribution is -2.41. The molecule has 0 unspecified atom stereocenters. The summed E-state index contributed by atoms with van der Waals surface area (Å²) in [5.74, 6) is 1.05. The van der Waals surface area contributed by atoms with Crippen molar-refractivity contribution < 1.29 is 13.9 Å². The molecule has 2 N–H and O–H groups in total. The zero-order valence-corrected chi connectivity index (χ0v) is 18.2. The topological polar surface area (TPSA) is 81.1 Å². The van der Waals surface area contributed by atoms with Crippen LogP contribution in [0.25, 0.3) is 0 Å². The summed E-state index contributed by atoms with van der Waals surface area (Å²) in [5, 5.41) is 11.6. The van der Waals surface area contributed by atoms with E-state index >= 15 is 0 Å². The van der Waals surface area contributed by atoms with Crippen LogP contribution in [0.2, 0.25) is 0 Å². The number of aromatic nitrogens is 3. The molecule has 0 bridgehead atoms. The molecule has 0 radical (unpaired) electrons. The Labute approximate surface area is 184 Å². The Balaban J connectivity index is 1.60. The first-order valence-electron chi connectivity index (χ1n) is 10.3. The smallest absolute Gasteiger partial charge is 0.240 e. The predicted octanol–water partition coefficient (Wildman–Crippen LogP) is 4.17. The van der Waals surface area contributed by atoms with E-state index in [9.17, 15) is 9.18 Å². The second kappa shape index (κ2) is 9.38. The molecule has 0 saturated heterocycles. The normalized spacial score (nSPS) is 17.5. The van der Waals surface area contributed by atoms with E-state index in [1.807, 2.05) is 23.7 Å². The summed E-state index contributed by atoms with van der Waals surface area (Å²) in [7, 11) is 0. The van der Waals surface area contributed by atoms with Crippen molar-refractivity contribution >= 4 is 23.4 Å². The number of hydrogen-bond acceptors (Lipinski definition) is 6. The number of nitrogens with zero attached hydrogens (tertiary/aromatic N) is 3. The molecule has 1 aliphatic rings. The van der Waals surface area contributed by atoms with Crippen LogP contribution < -0.4 is 15.5 Å². The highest BCUT2D eigenvalue weighted by molar-refractivity contribution is 8.00. The number of ether oxygens (including phenoxy) is 1. The lowest BCUT2D eigenvalue weighted by molar-refractivity contribution is -0.116. The quantitative estimate of drug-likeness (QED) is 0.573. The zero-order valence-electron chi connectivity index (χ0n) is 17.3. The van der Waals surface area contributed by atoms with Gasteiger partial charge in [0, 0.05) is 12.1 Å². The van der Waals surface area contributed by atoms with Crippen LogP contribution in [0.15, 0.2) is 53.7 Å². The van der Waals surface area contributed by atoms with Crippen LogP contribution in [-0.4, -0.2) is 32.6 Å². The van der Waals surface area contributed by atoms with E-state index in [2.05, 4.69) is 27.9 Å². The Morgan fingerprint density at radius 1 is 1.16 bits per heavy atom. The van der Waals surface area contributed by atoms with E-state index in [0.717, 1.165) is 30.0 Å². The minimum Gasteiger partial charge on any atom is -0.494 e. The van der Waals surface area contributed by atoms with Gasteiger partial charge in [0.2, 0.25) is 11.1 Å². The fourth-order valence-electron chi connectivity index (χ4n) is 3.42. The zero-order chi connectivity index (χ0) is 21.8. The van der Waals surface area contributed by atoms with Gasteiger partial charge >= 0.3 is 0 Å². The molecule has 31 heavy (non-hydrogen) atoms. The van der Waals surface area contributed by atoms with Crippen LogP contribution >= 0.6 is 11.8 Å². The molecule has 7 nitrogen and oxygen atoms in total. The van der Waals surface area contributed by atoms with Gasteiger partial charge < -0.3 is 15.5 Å². The van der Waals surface area contributed by atoms with Gasteiger partial charge in [-0.3, -0.25) is 4.79 Å². The van der Waals surface area contributed by atoms with E-state index in [-0.39, 0.29) is 17.8 Å². The molecule has 3 aromatic rings. The summed E-state index contributed by atoms with van der Waals surface area (Å²) in [5.41, 5.74) is 4.86. The van der Waals surface area contributed by atoms with Gasteiger partial charge in [-0.1, -0.05) is 30.8 Å². The number of thioether (sulfide) groups is 1. The molecule has 4 rings (SSSR count). The first-order chi connectivity index (χ1) is 15.1. The van der Waals surface area contributed by atoms with Gasteiger partial charge in [0.05, 0.1) is 12.6 Å². The van der Waals surface area contributed by atoms with E-state index in [4.69, 9.17) is 4.74 Å². The molecule has 0 spiro atoms. The second-order valence-electron chi connectivity index (χ2n) is 7.13. The monoisotopic (exact) mass is 441 g/mol. The molecule has 2 atom stereocenters. The summed E-state index contributed by atoms with van der Waals surface area (Å²) in [6.07, 6.45) is 1.69. The number of carbonyl (C=O) groups excluding carboxylic acids is 1. The fraction of sp³-hybridized carbons (Fsp3) is 0.318. The van der Waals surface area contributed by atoms with Crippen molar-refractivity contribution in [2.24, 2.45) is 0 Å². The Hall–Kier alpha value is -3.07. The third kappa shape index (κ3) is 4.66. The van der Waals surface area contributed by atoms with Crippen molar-refractivity contribution in [2.45, 2.75) is 43.1 Å². The van der Waals surface area contributed by atoms with Crippen LogP contribution in [0, 0.1) is 5.82 Å². The average molecular weight is 442 g/mol. The maximum atomic E-state index is 13.5. The molecule has 0 aliphatic carbocycles. The first kappa shape index (κ1) is 21.2. The van der Waals surface area contributed by atoms with E-state index in [1.165, 1.54) is 23.9 Å². The molecule has 0 saturated carbocycles. The Morgan fingerprint density at radius 3 is 2.58 bits per heavy atom. The molecule has 1 amide bonds. The lowest BCUT2D eigenvalue weighted by atomic mass is 10.0. The Kier molecular flexibility index (Phi) is 6.41. The van der Waals surface area contributed by atoms with Crippen molar-refractivity contribution in [1.82, 2.24) is 14.9 Å². The number of carbonyl (C=O) groups is 1. The van der Waals surface area contributed by atoms with Crippen LogP contribution in [0.3, 0.4) is 0 Å². The van der Waals surface area contributed by atoms with Crippen LogP contribution in [0.5, 0.6) is 5.75 Å². The highest BCUT2D eigenvalue weighted by Crippen LogP contribution is 2.37. The van der Waals surface area contributed by atoms with Gasteiger partial charge in [-0.2, -0.15) is 0 Å². The SMILES string of the molecule is CCCc1nnc2n1N[C@H](c1ccc(F)cc1)[C@H](C(=O)Nc1ccc(OCC)cc1)S2. The fourth-order valence-corrected chi connectivity index (χ4v) is 4.52. The molecular weight excluding hydrogens is 417 g/mol. The average Bonchev–Trinajstić information content (AvgIpc) is 3.17. The molecule has 162 valence electrons. The number of benzene rings is 2. The van der Waals surface area contributed by atoms with Crippen LogP contribution in [0.4, 0.5) is 10.1 Å². The summed E-state index contributed by atoms with van der Waals surface area (Å²) in [6.45, 7) is 4.57. The summed E-state index contributed by atoms with van der Waals surface area (Å²) in [4.78, 5) is 13.2. The summed E-state index contributed by atoms with van der Waals surface area (Å²) >= 11 is 1.35. The van der Waals surface area contributed by atoms with Crippen molar-refractivity contribution in [3.05, 3.63) is 65.7 Å². The van der Waals surface area contributed by atoms with Crippen molar-refractivity contribution in [1.29, 1.82) is 0 Å². The van der Waals surface area contributed by atoms with Crippen molar-refractivity contribution in [3.63, 3.8) is 0 Å². The minimum absolute atomic E-state index is 0.178. The van der Waals surface area contributed by atoms with Gasteiger partial charge in [-0.15, -0.1) is 10.2 Å². The molecule has 1 aliphatic heterocycles. The summed E-state index contributed by atoms with van der Waals surface area (Å²) in [6, 6.07) is 13.0. The maximum Gasteiger partial charge on any atom is 0.240 e. The standard InChI is InChI=1S/C22H24FN5O2S/c1-3-5-18-25-26-22-28(18)27-19(14-6-8-15(23)9-7-14)20(31-22)21(29)24-16-10-12-17(13-11-16)30-4-2/h6-13,19-20,27H,3-5H2,1-2H3,(H,24,29)/t19-,20-/m1/s1. The number of amides is 1. The third-order valence-corrected chi connectivity index (χ3v) is 6.11. The Morgan fingerprint density at radius 2 is 1.90 bits per heavy atom. The van der Waals surface area contributed by atoms with Crippen LogP contribution in [-0.2, 0) is 11.2 Å². The van der Waals surface area contributed by atoms with Gasteiger partial charge in [0.1, 0.15) is 16.8 Å². The predicted molar refractivity (Wildman–Crippen MR) is 118 cm³/mol. The maximum absolute atomic E-state index is 13.5. The van der Waals surface area contributed by atoms with Crippen molar-refractivity contribution in [2.75, 3.05) is 17.3 Å². The molecule has 9 heteroatoms. The van der Waals surface area contributed by atoms with Gasteiger partial charge in [-0.25, -0.2) is 9.07 Å². The highest BCUT2D eigenvalue weighted by Gasteiger charge is 2.37. The Bertz CT molecular complexity index is 1040. The largest absolute Gasteiger partial charge is 0.494 e. The van der Waals surface area contributed by atoms with E-state index < -0.39 is 5.25 Å². The number of fused-ring (bicyclic) bond motifs is 1. The second-order valence-corrected chi connectivity index (χ2v) is 8.24. The molecule has 2 aromatic carbocycles.